The van der Waals surface area contributed by atoms with Crippen molar-refractivity contribution in [3.8, 4) is 5.75 Å². The molecule has 0 fully saturated rings. The number of fused-ring (bicyclic) bond motifs is 1. The molecule has 0 radical (unpaired) electrons. The molecule has 2 aliphatic heterocycles. The molecule has 0 N–H and O–H groups in total. The molecular weight excluding hydrogens is 276 g/mol. The van der Waals surface area contributed by atoms with E-state index in [0.29, 0.717) is 12.6 Å². The van der Waals surface area contributed by atoms with Crippen molar-refractivity contribution >= 4 is 5.69 Å². The van der Waals surface area contributed by atoms with Gasteiger partial charge >= 0.3 is 0 Å². The second kappa shape index (κ2) is 7.16. The van der Waals surface area contributed by atoms with Gasteiger partial charge in [-0.05, 0) is 50.6 Å². The molecule has 3 rings (SSSR count). The summed E-state index contributed by atoms with van der Waals surface area (Å²) < 4.78 is 6.06. The van der Waals surface area contributed by atoms with E-state index in [1.54, 1.807) is 0 Å². The van der Waals surface area contributed by atoms with E-state index in [9.17, 15) is 0 Å². The zero-order chi connectivity index (χ0) is 15.4. The van der Waals surface area contributed by atoms with Crippen molar-refractivity contribution in [1.82, 2.24) is 4.90 Å². The Balaban J connectivity index is 1.82. The summed E-state index contributed by atoms with van der Waals surface area (Å²) in [7, 11) is 0. The quantitative estimate of drug-likeness (QED) is 0.804. The van der Waals surface area contributed by atoms with Crippen LogP contribution in [0.5, 0.6) is 5.75 Å². The second-order valence-corrected chi connectivity index (χ2v) is 5.97. The first-order valence-electron chi connectivity index (χ1n) is 8.41. The van der Waals surface area contributed by atoms with Gasteiger partial charge in [-0.2, -0.15) is 0 Å². The second-order valence-electron chi connectivity index (χ2n) is 5.97. The fourth-order valence-corrected chi connectivity index (χ4v) is 3.32. The number of anilines is 1. The fourth-order valence-electron chi connectivity index (χ4n) is 3.32. The van der Waals surface area contributed by atoms with Gasteiger partial charge in [-0.25, -0.2) is 5.06 Å². The maximum absolute atomic E-state index is 6.06. The van der Waals surface area contributed by atoms with E-state index in [2.05, 4.69) is 30.9 Å². The van der Waals surface area contributed by atoms with Crippen LogP contribution in [0.15, 0.2) is 30.5 Å². The van der Waals surface area contributed by atoms with Gasteiger partial charge in [-0.15, -0.1) is 0 Å². The Hall–Kier alpha value is -1.52. The van der Waals surface area contributed by atoms with Crippen molar-refractivity contribution < 1.29 is 9.57 Å². The topological polar surface area (TPSA) is 24.9 Å². The van der Waals surface area contributed by atoms with Gasteiger partial charge in [0.2, 0.25) is 0 Å². The highest BCUT2D eigenvalue weighted by molar-refractivity contribution is 5.60. The van der Waals surface area contributed by atoms with Crippen LogP contribution in [-0.2, 0) is 11.3 Å². The van der Waals surface area contributed by atoms with Crippen molar-refractivity contribution in [2.45, 2.75) is 39.2 Å². The maximum Gasteiger partial charge on any atom is 0.124 e. The van der Waals surface area contributed by atoms with Gasteiger partial charge < -0.3 is 4.74 Å². The average molecular weight is 302 g/mol. The molecule has 0 aliphatic carbocycles. The van der Waals surface area contributed by atoms with Crippen molar-refractivity contribution in [2.75, 3.05) is 31.4 Å². The van der Waals surface area contributed by atoms with Crippen molar-refractivity contribution in [2.24, 2.45) is 0 Å². The summed E-state index contributed by atoms with van der Waals surface area (Å²) in [5, 5.41) is 1.87. The number of nitrogens with zero attached hydrogens (tertiary/aromatic N) is 2. The molecule has 1 unspecified atom stereocenters. The lowest BCUT2D eigenvalue weighted by Crippen LogP contribution is -2.44. The van der Waals surface area contributed by atoms with Gasteiger partial charge in [-0.3, -0.25) is 9.74 Å². The van der Waals surface area contributed by atoms with Crippen LogP contribution in [0, 0.1) is 0 Å². The third-order valence-electron chi connectivity index (χ3n) is 4.31. The minimum absolute atomic E-state index is 0.458. The molecule has 1 aromatic rings. The van der Waals surface area contributed by atoms with E-state index in [1.807, 2.05) is 23.4 Å². The van der Waals surface area contributed by atoms with Gasteiger partial charge in [0.1, 0.15) is 12.4 Å². The molecule has 2 heterocycles. The van der Waals surface area contributed by atoms with E-state index < -0.39 is 0 Å². The van der Waals surface area contributed by atoms with Crippen molar-refractivity contribution in [3.05, 3.63) is 36.0 Å². The van der Waals surface area contributed by atoms with Gasteiger partial charge in [0.05, 0.1) is 12.3 Å². The van der Waals surface area contributed by atoms with Crippen LogP contribution in [0.25, 0.3) is 0 Å². The lowest BCUT2D eigenvalue weighted by atomic mass is 9.99. The van der Waals surface area contributed by atoms with Gasteiger partial charge in [0.15, 0.2) is 0 Å². The van der Waals surface area contributed by atoms with E-state index in [-0.39, 0.29) is 0 Å². The largest absolute Gasteiger partial charge is 0.492 e. The molecule has 0 saturated carbocycles. The lowest BCUT2D eigenvalue weighted by molar-refractivity contribution is 0.118. The number of hydrogen-bond donors (Lipinski definition) is 0. The van der Waals surface area contributed by atoms with E-state index in [0.717, 1.165) is 37.6 Å². The molecule has 22 heavy (non-hydrogen) atoms. The van der Waals surface area contributed by atoms with E-state index >= 15 is 0 Å². The molecule has 4 heteroatoms. The Labute approximate surface area is 133 Å². The van der Waals surface area contributed by atoms with Crippen LogP contribution < -0.4 is 9.80 Å². The molecule has 0 saturated heterocycles. The lowest BCUT2D eigenvalue weighted by Gasteiger charge is -2.36. The summed E-state index contributed by atoms with van der Waals surface area (Å²) in [4.78, 5) is 8.22. The summed E-state index contributed by atoms with van der Waals surface area (Å²) in [6.07, 6.45) is 7.42. The van der Waals surface area contributed by atoms with Crippen LogP contribution in [0.1, 0.15) is 32.3 Å². The highest BCUT2D eigenvalue weighted by atomic mass is 16.7. The number of ether oxygens (including phenoxy) is 1. The first kappa shape index (κ1) is 15.4. The smallest absolute Gasteiger partial charge is 0.124 e. The zero-order valence-electron chi connectivity index (χ0n) is 13.6. The number of hydroxylamine groups is 1. The third-order valence-corrected chi connectivity index (χ3v) is 4.31. The summed E-state index contributed by atoms with van der Waals surface area (Å²) in [6.45, 7) is 8.20. The highest BCUT2D eigenvalue weighted by Crippen LogP contribution is 2.35. The predicted molar refractivity (Wildman–Crippen MR) is 89.2 cm³/mol. The van der Waals surface area contributed by atoms with Crippen LogP contribution in [-0.4, -0.2) is 37.2 Å². The summed E-state index contributed by atoms with van der Waals surface area (Å²) >= 11 is 0. The Morgan fingerprint density at radius 2 is 2.05 bits per heavy atom. The first-order valence-corrected chi connectivity index (χ1v) is 8.41. The number of rotatable bonds is 6. The molecule has 0 bridgehead atoms. The number of hydrogen-bond acceptors (Lipinski definition) is 4. The predicted octanol–water partition coefficient (Wildman–Crippen LogP) is 3.38. The molecule has 4 nitrogen and oxygen atoms in total. The normalized spacial score (nSPS) is 20.3. The third kappa shape index (κ3) is 3.13. The highest BCUT2D eigenvalue weighted by Gasteiger charge is 2.28. The Kier molecular flexibility index (Phi) is 5.01. The summed E-state index contributed by atoms with van der Waals surface area (Å²) in [6, 6.07) is 6.68. The van der Waals surface area contributed by atoms with E-state index in [1.165, 1.54) is 18.4 Å². The molecule has 2 aliphatic rings. The molecule has 1 aromatic carbocycles. The Bertz CT molecular complexity index is 524. The van der Waals surface area contributed by atoms with Crippen LogP contribution in [0.4, 0.5) is 5.69 Å². The minimum Gasteiger partial charge on any atom is -0.492 e. The SMILES string of the molecule is CCCN(CCC)C1COc2cccc(N3C=CCO3)c2C1. The monoisotopic (exact) mass is 302 g/mol. The van der Waals surface area contributed by atoms with Crippen LogP contribution in [0.3, 0.4) is 0 Å². The molecule has 0 amide bonds. The van der Waals surface area contributed by atoms with Gasteiger partial charge in [0.25, 0.3) is 0 Å². The number of benzene rings is 1. The Morgan fingerprint density at radius 3 is 2.73 bits per heavy atom. The minimum atomic E-state index is 0.458. The molecule has 0 aromatic heterocycles. The first-order chi connectivity index (χ1) is 10.8. The van der Waals surface area contributed by atoms with E-state index in [4.69, 9.17) is 9.57 Å². The molecular formula is C18H26N2O2. The standard InChI is InChI=1S/C18H26N2O2/c1-3-9-19(10-4-2)15-13-16-17(20-11-6-12-22-20)7-5-8-18(16)21-14-15/h5-8,11,15H,3-4,9-10,12-14H2,1-2H3. The van der Waals surface area contributed by atoms with Crippen LogP contribution in [0.2, 0.25) is 0 Å². The zero-order valence-corrected chi connectivity index (χ0v) is 13.6. The molecule has 120 valence electrons. The summed E-state index contributed by atoms with van der Waals surface area (Å²) in [5.41, 5.74) is 2.38. The molecule has 1 atom stereocenters. The Morgan fingerprint density at radius 1 is 1.23 bits per heavy atom. The van der Waals surface area contributed by atoms with Crippen LogP contribution >= 0.6 is 0 Å². The van der Waals surface area contributed by atoms with Crippen molar-refractivity contribution in [3.63, 3.8) is 0 Å². The van der Waals surface area contributed by atoms with Crippen molar-refractivity contribution in [1.29, 1.82) is 0 Å². The summed E-state index contributed by atoms with van der Waals surface area (Å²) in [5.74, 6) is 1.01. The van der Waals surface area contributed by atoms with Gasteiger partial charge in [-0.1, -0.05) is 19.9 Å². The average Bonchev–Trinajstić information content (AvgIpc) is 3.08. The fraction of sp³-hybridized carbons (Fsp3) is 0.556. The van der Waals surface area contributed by atoms with Gasteiger partial charge in [0, 0.05) is 17.8 Å². The maximum atomic E-state index is 6.06. The molecule has 0 spiro atoms.